The maximum Gasteiger partial charge on any atom is 0.224 e. The van der Waals surface area contributed by atoms with Crippen LogP contribution in [0.3, 0.4) is 0 Å². The predicted molar refractivity (Wildman–Crippen MR) is 75.2 cm³/mol. The number of nitrogens with one attached hydrogen (secondary N) is 1. The van der Waals surface area contributed by atoms with Crippen LogP contribution in [-0.2, 0) is 17.6 Å². The zero-order valence-electron chi connectivity index (χ0n) is 11.3. The van der Waals surface area contributed by atoms with Gasteiger partial charge in [0.15, 0.2) is 0 Å². The van der Waals surface area contributed by atoms with E-state index >= 15 is 0 Å². The van der Waals surface area contributed by atoms with Gasteiger partial charge in [0.2, 0.25) is 5.91 Å². The highest BCUT2D eigenvalue weighted by atomic mass is 16.2. The van der Waals surface area contributed by atoms with Gasteiger partial charge in [-0.1, -0.05) is 6.07 Å². The lowest BCUT2D eigenvalue weighted by atomic mass is 10.2. The molecule has 1 aliphatic carbocycles. The molecule has 2 aliphatic rings. The highest BCUT2D eigenvalue weighted by molar-refractivity contribution is 5.76. The monoisotopic (exact) mass is 259 g/mol. The number of nitrogens with zero attached hydrogens (tertiary/aromatic N) is 2. The molecule has 0 bridgehead atoms. The van der Waals surface area contributed by atoms with Gasteiger partial charge in [0, 0.05) is 31.7 Å². The van der Waals surface area contributed by atoms with E-state index in [0.717, 1.165) is 44.6 Å². The van der Waals surface area contributed by atoms with E-state index in [2.05, 4.69) is 16.4 Å². The van der Waals surface area contributed by atoms with Crippen molar-refractivity contribution in [2.75, 3.05) is 25.0 Å². The van der Waals surface area contributed by atoms with Gasteiger partial charge in [-0.05, 0) is 43.7 Å². The number of aryl methyl sites for hydroxylation is 2. The van der Waals surface area contributed by atoms with Crippen molar-refractivity contribution in [3.8, 4) is 0 Å². The molecule has 1 aromatic heterocycles. The summed E-state index contributed by atoms with van der Waals surface area (Å²) >= 11 is 0. The molecular formula is C15H21N3O. The molecule has 0 atom stereocenters. The normalized spacial score (nSPS) is 17.6. The summed E-state index contributed by atoms with van der Waals surface area (Å²) in [5, 5.41) is 3.27. The lowest BCUT2D eigenvalue weighted by molar-refractivity contribution is -0.129. The summed E-state index contributed by atoms with van der Waals surface area (Å²) in [4.78, 5) is 18.5. The van der Waals surface area contributed by atoms with Crippen LogP contribution < -0.4 is 5.32 Å². The minimum absolute atomic E-state index is 0.270. The highest BCUT2D eigenvalue weighted by Crippen LogP contribution is 2.21. The minimum atomic E-state index is 0.270. The van der Waals surface area contributed by atoms with Crippen molar-refractivity contribution in [2.45, 2.75) is 38.5 Å². The van der Waals surface area contributed by atoms with Crippen molar-refractivity contribution in [1.29, 1.82) is 0 Å². The molecule has 1 N–H and O–H groups in total. The van der Waals surface area contributed by atoms with E-state index < -0.39 is 0 Å². The molecule has 1 aromatic rings. The van der Waals surface area contributed by atoms with Crippen LogP contribution in [-0.4, -0.2) is 35.4 Å². The van der Waals surface area contributed by atoms with Gasteiger partial charge in [-0.15, -0.1) is 0 Å². The summed E-state index contributed by atoms with van der Waals surface area (Å²) in [6.45, 7) is 2.56. The molecule has 2 heterocycles. The Morgan fingerprint density at radius 2 is 2.05 bits per heavy atom. The van der Waals surface area contributed by atoms with E-state index in [0.29, 0.717) is 13.0 Å². The van der Waals surface area contributed by atoms with E-state index in [4.69, 9.17) is 0 Å². The van der Waals surface area contributed by atoms with Crippen LogP contribution in [0.1, 0.15) is 36.9 Å². The minimum Gasteiger partial charge on any atom is -0.370 e. The number of hydrogen-bond acceptors (Lipinski definition) is 3. The fourth-order valence-electron chi connectivity index (χ4n) is 2.94. The largest absolute Gasteiger partial charge is 0.370 e. The smallest absolute Gasteiger partial charge is 0.224 e. The maximum atomic E-state index is 11.9. The number of likely N-dealkylation sites (tertiary alicyclic amines) is 1. The molecule has 1 amide bonds. The number of amides is 1. The number of aromatic nitrogens is 1. The Labute approximate surface area is 114 Å². The first kappa shape index (κ1) is 12.5. The van der Waals surface area contributed by atoms with Crippen LogP contribution in [0, 0.1) is 0 Å². The van der Waals surface area contributed by atoms with Crippen molar-refractivity contribution in [2.24, 2.45) is 0 Å². The topological polar surface area (TPSA) is 45.2 Å². The molecule has 1 fully saturated rings. The molecule has 102 valence electrons. The van der Waals surface area contributed by atoms with Gasteiger partial charge >= 0.3 is 0 Å². The first-order valence-electron chi connectivity index (χ1n) is 7.33. The third kappa shape index (κ3) is 2.88. The molecule has 0 unspecified atom stereocenters. The van der Waals surface area contributed by atoms with Gasteiger partial charge < -0.3 is 10.2 Å². The Balaban J connectivity index is 1.48. The fraction of sp³-hybridized carbons (Fsp3) is 0.600. The summed E-state index contributed by atoms with van der Waals surface area (Å²) in [6.07, 6.45) is 6.36. The van der Waals surface area contributed by atoms with Crippen LogP contribution in [0.2, 0.25) is 0 Å². The molecule has 4 nitrogen and oxygen atoms in total. The molecule has 0 saturated carbocycles. The fourth-order valence-corrected chi connectivity index (χ4v) is 2.94. The SMILES string of the molecule is O=C(CCNc1ccc2c(n1)CCC2)N1CCCC1. The van der Waals surface area contributed by atoms with Crippen molar-refractivity contribution >= 4 is 11.7 Å². The second kappa shape index (κ2) is 5.59. The number of pyridine rings is 1. The van der Waals surface area contributed by atoms with Crippen molar-refractivity contribution in [3.05, 3.63) is 23.4 Å². The second-order valence-electron chi connectivity index (χ2n) is 5.42. The van der Waals surface area contributed by atoms with Gasteiger partial charge in [0.05, 0.1) is 0 Å². The van der Waals surface area contributed by atoms with Crippen LogP contribution in [0.5, 0.6) is 0 Å². The second-order valence-corrected chi connectivity index (χ2v) is 5.42. The molecule has 0 spiro atoms. The molecule has 3 rings (SSSR count). The van der Waals surface area contributed by atoms with Crippen LogP contribution in [0.4, 0.5) is 5.82 Å². The van der Waals surface area contributed by atoms with Crippen molar-refractivity contribution in [1.82, 2.24) is 9.88 Å². The van der Waals surface area contributed by atoms with E-state index in [1.54, 1.807) is 0 Å². The Kier molecular flexibility index (Phi) is 3.67. The Bertz CT molecular complexity index is 466. The lowest BCUT2D eigenvalue weighted by Crippen LogP contribution is -2.29. The number of carbonyl (C=O) groups excluding carboxylic acids is 1. The number of anilines is 1. The highest BCUT2D eigenvalue weighted by Gasteiger charge is 2.17. The molecule has 19 heavy (non-hydrogen) atoms. The average molecular weight is 259 g/mol. The summed E-state index contributed by atoms with van der Waals surface area (Å²) in [5.74, 6) is 1.18. The third-order valence-corrected chi connectivity index (χ3v) is 4.03. The summed E-state index contributed by atoms with van der Waals surface area (Å²) in [7, 11) is 0. The Morgan fingerprint density at radius 3 is 2.89 bits per heavy atom. The van der Waals surface area contributed by atoms with E-state index in [-0.39, 0.29) is 5.91 Å². The average Bonchev–Trinajstić information content (AvgIpc) is 3.09. The third-order valence-electron chi connectivity index (χ3n) is 4.03. The van der Waals surface area contributed by atoms with E-state index in [1.807, 2.05) is 11.0 Å². The van der Waals surface area contributed by atoms with Crippen molar-refractivity contribution < 1.29 is 4.79 Å². The van der Waals surface area contributed by atoms with E-state index in [1.165, 1.54) is 17.7 Å². The van der Waals surface area contributed by atoms with Crippen LogP contribution in [0.25, 0.3) is 0 Å². The molecule has 0 radical (unpaired) electrons. The zero-order chi connectivity index (χ0) is 13.1. The molecular weight excluding hydrogens is 238 g/mol. The maximum absolute atomic E-state index is 11.9. The first-order chi connectivity index (χ1) is 9.33. The van der Waals surface area contributed by atoms with Gasteiger partial charge in [-0.2, -0.15) is 0 Å². The number of fused-ring (bicyclic) bond motifs is 1. The predicted octanol–water partition coefficient (Wildman–Crippen LogP) is 1.99. The Hall–Kier alpha value is -1.58. The van der Waals surface area contributed by atoms with Gasteiger partial charge in [-0.3, -0.25) is 4.79 Å². The summed E-state index contributed by atoms with van der Waals surface area (Å²) in [5.41, 5.74) is 2.62. The summed E-state index contributed by atoms with van der Waals surface area (Å²) < 4.78 is 0. The van der Waals surface area contributed by atoms with Crippen LogP contribution >= 0.6 is 0 Å². The zero-order valence-corrected chi connectivity index (χ0v) is 11.3. The molecule has 1 saturated heterocycles. The van der Waals surface area contributed by atoms with Gasteiger partial charge in [0.1, 0.15) is 5.82 Å². The van der Waals surface area contributed by atoms with E-state index in [9.17, 15) is 4.79 Å². The standard InChI is InChI=1S/C15H21N3O/c19-15(18-10-1-2-11-18)8-9-16-14-7-6-12-4-3-5-13(12)17-14/h6-7H,1-5,8-11H2,(H,16,17). The molecule has 1 aliphatic heterocycles. The molecule has 4 heteroatoms. The number of hydrogen-bond donors (Lipinski definition) is 1. The van der Waals surface area contributed by atoms with Gasteiger partial charge in [0.25, 0.3) is 0 Å². The van der Waals surface area contributed by atoms with Gasteiger partial charge in [-0.25, -0.2) is 4.98 Å². The quantitative estimate of drug-likeness (QED) is 0.899. The Morgan fingerprint density at radius 1 is 1.21 bits per heavy atom. The van der Waals surface area contributed by atoms with Crippen LogP contribution in [0.15, 0.2) is 12.1 Å². The number of rotatable bonds is 4. The lowest BCUT2D eigenvalue weighted by Gasteiger charge is -2.15. The number of carbonyl (C=O) groups is 1. The molecule has 0 aromatic carbocycles. The summed E-state index contributed by atoms with van der Waals surface area (Å²) in [6, 6.07) is 4.20. The van der Waals surface area contributed by atoms with Crippen molar-refractivity contribution in [3.63, 3.8) is 0 Å². The first-order valence-corrected chi connectivity index (χ1v) is 7.33.